The first-order valence-electron chi connectivity index (χ1n) is 8.37. The Kier molecular flexibility index (Phi) is 5.42. The highest BCUT2D eigenvalue weighted by molar-refractivity contribution is 14.1. The molecule has 0 spiro atoms. The Morgan fingerprint density at radius 3 is 2.19 bits per heavy atom. The van der Waals surface area contributed by atoms with Crippen LogP contribution in [0.5, 0.6) is 0 Å². The fourth-order valence-electron chi connectivity index (χ4n) is 3.24. The molecule has 134 valence electrons. The lowest BCUT2D eigenvalue weighted by Gasteiger charge is -2.16. The molecule has 0 amide bonds. The minimum absolute atomic E-state index is 0.575. The van der Waals surface area contributed by atoms with Gasteiger partial charge >= 0.3 is 6.18 Å². The lowest BCUT2D eigenvalue weighted by atomic mass is 9.89. The van der Waals surface area contributed by atoms with Gasteiger partial charge in [0, 0.05) is 3.57 Å². The fraction of sp³-hybridized carbons (Fsp3) is 0.182. The molecule has 4 heteroatoms. The van der Waals surface area contributed by atoms with E-state index in [-0.39, 0.29) is 0 Å². The summed E-state index contributed by atoms with van der Waals surface area (Å²) in [7, 11) is 0. The predicted molar refractivity (Wildman–Crippen MR) is 109 cm³/mol. The van der Waals surface area contributed by atoms with Crippen molar-refractivity contribution in [2.24, 2.45) is 0 Å². The van der Waals surface area contributed by atoms with Gasteiger partial charge in [-0.3, -0.25) is 0 Å². The van der Waals surface area contributed by atoms with Crippen LogP contribution in [0.15, 0.2) is 60.7 Å². The first-order valence-corrected chi connectivity index (χ1v) is 9.45. The summed E-state index contributed by atoms with van der Waals surface area (Å²) in [5, 5.41) is 0. The second-order valence-electron chi connectivity index (χ2n) is 6.22. The zero-order valence-electron chi connectivity index (χ0n) is 14.5. The number of alkyl halides is 3. The monoisotopic (exact) mass is 466 g/mol. The van der Waals surface area contributed by atoms with Gasteiger partial charge in [-0.05, 0) is 87.5 Å². The lowest BCUT2D eigenvalue weighted by Crippen LogP contribution is -2.05. The van der Waals surface area contributed by atoms with Crippen LogP contribution in [0.4, 0.5) is 13.2 Å². The largest absolute Gasteiger partial charge is 0.416 e. The van der Waals surface area contributed by atoms with Gasteiger partial charge in [0.2, 0.25) is 0 Å². The predicted octanol–water partition coefficient (Wildman–Crippen LogP) is 7.51. The summed E-state index contributed by atoms with van der Waals surface area (Å²) in [5.41, 5.74) is 5.23. The summed E-state index contributed by atoms with van der Waals surface area (Å²) in [6.07, 6.45) is -3.45. The van der Waals surface area contributed by atoms with Crippen LogP contribution >= 0.6 is 22.6 Å². The number of hydrogen-bond acceptors (Lipinski definition) is 0. The summed E-state index contributed by atoms with van der Waals surface area (Å²) in [5.74, 6) is 0. The smallest absolute Gasteiger partial charge is 0.166 e. The fourth-order valence-corrected chi connectivity index (χ4v) is 3.91. The number of aryl methyl sites for hydroxylation is 1. The van der Waals surface area contributed by atoms with Gasteiger partial charge in [-0.1, -0.05) is 49.4 Å². The van der Waals surface area contributed by atoms with E-state index in [0.717, 1.165) is 28.7 Å². The zero-order valence-corrected chi connectivity index (χ0v) is 16.6. The minimum Gasteiger partial charge on any atom is -0.166 e. The number of benzene rings is 3. The van der Waals surface area contributed by atoms with Gasteiger partial charge in [-0.15, -0.1) is 0 Å². The third kappa shape index (κ3) is 3.80. The SMILES string of the molecule is CCc1ccccc1-c1cccc(-c2cc(I)cc(C(F)(F)F)c2)c1C. The summed E-state index contributed by atoms with van der Waals surface area (Å²) in [6, 6.07) is 18.2. The Bertz CT molecular complexity index is 942. The molecule has 26 heavy (non-hydrogen) atoms. The second kappa shape index (κ2) is 7.43. The molecule has 0 N–H and O–H groups in total. The molecule has 0 heterocycles. The van der Waals surface area contributed by atoms with Gasteiger partial charge in [0.1, 0.15) is 0 Å². The van der Waals surface area contributed by atoms with Crippen molar-refractivity contribution < 1.29 is 13.2 Å². The van der Waals surface area contributed by atoms with Gasteiger partial charge < -0.3 is 0 Å². The zero-order chi connectivity index (χ0) is 18.9. The maximum absolute atomic E-state index is 13.2. The van der Waals surface area contributed by atoms with Gasteiger partial charge in [0.05, 0.1) is 5.56 Å². The molecule has 0 aliphatic carbocycles. The normalized spacial score (nSPS) is 11.6. The highest BCUT2D eigenvalue weighted by Gasteiger charge is 2.31. The molecule has 0 saturated carbocycles. The van der Waals surface area contributed by atoms with E-state index < -0.39 is 11.7 Å². The van der Waals surface area contributed by atoms with Crippen LogP contribution in [0.1, 0.15) is 23.6 Å². The van der Waals surface area contributed by atoms with Crippen LogP contribution in [0, 0.1) is 10.5 Å². The molecule has 0 nitrogen and oxygen atoms in total. The molecule has 0 unspecified atom stereocenters. The molecule has 0 aliphatic rings. The van der Waals surface area contributed by atoms with E-state index in [1.807, 2.05) is 59.8 Å². The highest BCUT2D eigenvalue weighted by atomic mass is 127. The first-order chi connectivity index (χ1) is 12.3. The third-order valence-electron chi connectivity index (χ3n) is 4.56. The second-order valence-corrected chi connectivity index (χ2v) is 7.46. The van der Waals surface area contributed by atoms with Crippen LogP contribution < -0.4 is 0 Å². The van der Waals surface area contributed by atoms with Crippen molar-refractivity contribution in [1.82, 2.24) is 0 Å². The molecule has 3 rings (SSSR count). The Morgan fingerprint density at radius 1 is 0.846 bits per heavy atom. The molecule has 3 aromatic rings. The van der Waals surface area contributed by atoms with Gasteiger partial charge in [0.25, 0.3) is 0 Å². The molecule has 0 fully saturated rings. The Hall–Kier alpha value is -1.82. The molecule has 3 aromatic carbocycles. The average Bonchev–Trinajstić information content (AvgIpc) is 2.60. The molecular weight excluding hydrogens is 448 g/mol. The van der Waals surface area contributed by atoms with E-state index in [1.54, 1.807) is 6.07 Å². The van der Waals surface area contributed by atoms with E-state index in [0.29, 0.717) is 9.13 Å². The average molecular weight is 466 g/mol. The van der Waals surface area contributed by atoms with Crippen LogP contribution in [-0.2, 0) is 12.6 Å². The molecule has 0 saturated heterocycles. The van der Waals surface area contributed by atoms with E-state index in [9.17, 15) is 13.2 Å². The van der Waals surface area contributed by atoms with Crippen molar-refractivity contribution in [3.8, 4) is 22.3 Å². The van der Waals surface area contributed by atoms with Gasteiger partial charge in [-0.25, -0.2) is 0 Å². The van der Waals surface area contributed by atoms with Crippen molar-refractivity contribution in [2.75, 3.05) is 0 Å². The molecule has 0 aromatic heterocycles. The van der Waals surface area contributed by atoms with Crippen molar-refractivity contribution in [3.05, 3.63) is 80.9 Å². The summed E-state index contributed by atoms with van der Waals surface area (Å²) >= 11 is 1.94. The van der Waals surface area contributed by atoms with Crippen LogP contribution in [0.2, 0.25) is 0 Å². The Morgan fingerprint density at radius 2 is 1.50 bits per heavy atom. The van der Waals surface area contributed by atoms with Gasteiger partial charge in [-0.2, -0.15) is 13.2 Å². The Balaban J connectivity index is 2.19. The van der Waals surface area contributed by atoms with E-state index in [4.69, 9.17) is 0 Å². The quantitative estimate of drug-likeness (QED) is 0.351. The van der Waals surface area contributed by atoms with E-state index >= 15 is 0 Å². The van der Waals surface area contributed by atoms with E-state index in [1.165, 1.54) is 17.7 Å². The van der Waals surface area contributed by atoms with Crippen molar-refractivity contribution >= 4 is 22.6 Å². The minimum atomic E-state index is -4.35. The van der Waals surface area contributed by atoms with Gasteiger partial charge in [0.15, 0.2) is 0 Å². The summed E-state index contributed by atoms with van der Waals surface area (Å²) < 4.78 is 40.2. The van der Waals surface area contributed by atoms with Crippen LogP contribution in [-0.4, -0.2) is 0 Å². The third-order valence-corrected chi connectivity index (χ3v) is 5.18. The topological polar surface area (TPSA) is 0 Å². The molecule has 0 bridgehead atoms. The molecule has 0 aliphatic heterocycles. The standard InChI is InChI=1S/C22H18F3I/c1-3-15-7-4-5-8-21(15)20-10-6-9-19(14(20)2)16-11-17(22(23,24)25)13-18(26)12-16/h4-13H,3H2,1-2H3. The maximum Gasteiger partial charge on any atom is 0.416 e. The van der Waals surface area contributed by atoms with Crippen LogP contribution in [0.3, 0.4) is 0 Å². The Labute approximate surface area is 165 Å². The lowest BCUT2D eigenvalue weighted by molar-refractivity contribution is -0.137. The molecule has 0 atom stereocenters. The number of halogens is 4. The van der Waals surface area contributed by atoms with E-state index in [2.05, 4.69) is 19.1 Å². The molecule has 0 radical (unpaired) electrons. The van der Waals surface area contributed by atoms with Crippen molar-refractivity contribution in [3.63, 3.8) is 0 Å². The van der Waals surface area contributed by atoms with Crippen molar-refractivity contribution in [1.29, 1.82) is 0 Å². The van der Waals surface area contributed by atoms with Crippen molar-refractivity contribution in [2.45, 2.75) is 26.4 Å². The summed E-state index contributed by atoms with van der Waals surface area (Å²) in [4.78, 5) is 0. The number of rotatable bonds is 3. The van der Waals surface area contributed by atoms with Crippen LogP contribution in [0.25, 0.3) is 22.3 Å². The highest BCUT2D eigenvalue weighted by Crippen LogP contribution is 2.37. The molecular formula is C22H18F3I. The maximum atomic E-state index is 13.2. The number of hydrogen-bond donors (Lipinski definition) is 0. The summed E-state index contributed by atoms with van der Waals surface area (Å²) in [6.45, 7) is 4.08. The first kappa shape index (κ1) is 19.0.